The zero-order valence-electron chi connectivity index (χ0n) is 12.5. The number of fused-ring (bicyclic) bond motifs is 1. The van der Waals surface area contributed by atoms with E-state index in [4.69, 9.17) is 4.42 Å². The van der Waals surface area contributed by atoms with Gasteiger partial charge in [0.05, 0.1) is 0 Å². The van der Waals surface area contributed by atoms with Crippen LogP contribution in [0.25, 0.3) is 16.7 Å². The Morgan fingerprint density at radius 2 is 2.20 bits per heavy atom. The first-order chi connectivity index (χ1) is 9.67. The van der Waals surface area contributed by atoms with Crippen LogP contribution in [0.4, 0.5) is 0 Å². The second-order valence-electron chi connectivity index (χ2n) is 5.77. The van der Waals surface area contributed by atoms with Crippen molar-refractivity contribution in [2.24, 2.45) is 0 Å². The second kappa shape index (κ2) is 5.41. The first-order valence-electron chi connectivity index (χ1n) is 7.49. The van der Waals surface area contributed by atoms with E-state index in [0.717, 1.165) is 43.0 Å². The zero-order chi connectivity index (χ0) is 14.1. The third kappa shape index (κ3) is 2.50. The van der Waals surface area contributed by atoms with Crippen molar-refractivity contribution in [2.45, 2.75) is 33.1 Å². The smallest absolute Gasteiger partial charge is 0.222 e. The van der Waals surface area contributed by atoms with Gasteiger partial charge in [-0.25, -0.2) is 4.98 Å². The summed E-state index contributed by atoms with van der Waals surface area (Å²) in [7, 11) is 0. The molecule has 2 aromatic rings. The van der Waals surface area contributed by atoms with E-state index >= 15 is 0 Å². The highest BCUT2D eigenvalue weighted by Gasteiger charge is 2.16. The molecule has 1 aromatic carbocycles. The molecular weight excluding hydrogens is 248 g/mol. The van der Waals surface area contributed by atoms with Crippen LogP contribution in [0.5, 0.6) is 0 Å². The molecule has 2 heterocycles. The fourth-order valence-electron chi connectivity index (χ4n) is 2.63. The highest BCUT2D eigenvalue weighted by molar-refractivity contribution is 5.76. The minimum Gasteiger partial charge on any atom is -0.436 e. The van der Waals surface area contributed by atoms with Gasteiger partial charge < -0.3 is 4.42 Å². The molecule has 0 fully saturated rings. The normalized spacial score (nSPS) is 16.9. The third-order valence-corrected chi connectivity index (χ3v) is 4.09. The Hall–Kier alpha value is -1.61. The van der Waals surface area contributed by atoms with E-state index in [1.165, 1.54) is 11.1 Å². The van der Waals surface area contributed by atoms with Gasteiger partial charge in [0.2, 0.25) is 5.89 Å². The van der Waals surface area contributed by atoms with Gasteiger partial charge in [0.15, 0.2) is 5.58 Å². The van der Waals surface area contributed by atoms with Crippen LogP contribution < -0.4 is 0 Å². The minimum atomic E-state index is 0.520. The second-order valence-corrected chi connectivity index (χ2v) is 5.77. The predicted octanol–water partition coefficient (Wildman–Crippen LogP) is 4.06. The molecular formula is C17H22N2O. The van der Waals surface area contributed by atoms with Crippen molar-refractivity contribution < 1.29 is 4.42 Å². The molecule has 1 aromatic heterocycles. The molecule has 1 aliphatic rings. The molecule has 0 amide bonds. The van der Waals surface area contributed by atoms with E-state index < -0.39 is 0 Å². The maximum absolute atomic E-state index is 5.91. The number of hydrogen-bond acceptors (Lipinski definition) is 3. The molecule has 1 aliphatic heterocycles. The molecule has 0 N–H and O–H groups in total. The SMILES string of the molecule is CCN1CC=C(c2nc3cc(C(C)C)ccc3o2)CC1. The van der Waals surface area contributed by atoms with E-state index in [-0.39, 0.29) is 0 Å². The van der Waals surface area contributed by atoms with Crippen molar-refractivity contribution >= 4 is 16.7 Å². The molecule has 20 heavy (non-hydrogen) atoms. The van der Waals surface area contributed by atoms with E-state index in [2.05, 4.69) is 48.9 Å². The van der Waals surface area contributed by atoms with Crippen LogP contribution in [-0.2, 0) is 0 Å². The van der Waals surface area contributed by atoms with Gasteiger partial charge in [-0.3, -0.25) is 4.90 Å². The number of nitrogens with zero attached hydrogens (tertiary/aromatic N) is 2. The molecule has 0 saturated heterocycles. The molecule has 0 spiro atoms. The summed E-state index contributed by atoms with van der Waals surface area (Å²) in [5, 5.41) is 0. The lowest BCUT2D eigenvalue weighted by Crippen LogP contribution is -2.28. The van der Waals surface area contributed by atoms with Crippen LogP contribution in [0, 0.1) is 0 Å². The fraction of sp³-hybridized carbons (Fsp3) is 0.471. The van der Waals surface area contributed by atoms with Gasteiger partial charge in [0, 0.05) is 18.7 Å². The van der Waals surface area contributed by atoms with Crippen molar-refractivity contribution in [3.8, 4) is 0 Å². The maximum Gasteiger partial charge on any atom is 0.222 e. The standard InChI is InChI=1S/C17H22N2O/c1-4-19-9-7-13(8-10-19)17-18-15-11-14(12(2)3)5-6-16(15)20-17/h5-7,11-12H,4,8-10H2,1-3H3. The van der Waals surface area contributed by atoms with Gasteiger partial charge in [0.1, 0.15) is 5.52 Å². The van der Waals surface area contributed by atoms with Gasteiger partial charge >= 0.3 is 0 Å². The maximum atomic E-state index is 5.91. The van der Waals surface area contributed by atoms with E-state index in [0.29, 0.717) is 5.92 Å². The quantitative estimate of drug-likeness (QED) is 0.842. The fourth-order valence-corrected chi connectivity index (χ4v) is 2.63. The van der Waals surface area contributed by atoms with Crippen molar-refractivity contribution in [3.63, 3.8) is 0 Å². The number of hydrogen-bond donors (Lipinski definition) is 0. The Balaban J connectivity index is 1.91. The largest absolute Gasteiger partial charge is 0.436 e. The van der Waals surface area contributed by atoms with Crippen LogP contribution in [0.2, 0.25) is 0 Å². The summed E-state index contributed by atoms with van der Waals surface area (Å²) in [6.07, 6.45) is 3.28. The zero-order valence-corrected chi connectivity index (χ0v) is 12.5. The van der Waals surface area contributed by atoms with E-state index in [9.17, 15) is 0 Å². The molecule has 0 saturated carbocycles. The molecule has 3 rings (SSSR count). The Morgan fingerprint density at radius 3 is 2.85 bits per heavy atom. The molecule has 3 nitrogen and oxygen atoms in total. The van der Waals surface area contributed by atoms with Crippen molar-refractivity contribution in [2.75, 3.05) is 19.6 Å². The molecule has 0 atom stereocenters. The number of aromatic nitrogens is 1. The summed E-state index contributed by atoms with van der Waals surface area (Å²) >= 11 is 0. The number of oxazole rings is 1. The highest BCUT2D eigenvalue weighted by Crippen LogP contribution is 2.27. The topological polar surface area (TPSA) is 29.3 Å². The van der Waals surface area contributed by atoms with Crippen LogP contribution in [0.1, 0.15) is 44.6 Å². The highest BCUT2D eigenvalue weighted by atomic mass is 16.3. The summed E-state index contributed by atoms with van der Waals surface area (Å²) in [6.45, 7) is 9.80. The Bertz CT molecular complexity index is 639. The Labute approximate surface area is 120 Å². The number of likely N-dealkylation sites (N-methyl/N-ethyl adjacent to an activating group) is 1. The molecule has 106 valence electrons. The lowest BCUT2D eigenvalue weighted by Gasteiger charge is -2.23. The first kappa shape index (κ1) is 13.4. The average molecular weight is 270 g/mol. The van der Waals surface area contributed by atoms with E-state index in [1.807, 2.05) is 6.07 Å². The molecule has 0 aliphatic carbocycles. The van der Waals surface area contributed by atoms with Crippen molar-refractivity contribution in [1.82, 2.24) is 9.88 Å². The number of rotatable bonds is 3. The van der Waals surface area contributed by atoms with Gasteiger partial charge in [-0.15, -0.1) is 0 Å². The predicted molar refractivity (Wildman–Crippen MR) is 82.8 cm³/mol. The molecule has 0 unspecified atom stereocenters. The molecule has 0 radical (unpaired) electrons. The number of benzene rings is 1. The summed E-state index contributed by atoms with van der Waals surface area (Å²) in [6, 6.07) is 6.33. The van der Waals surface area contributed by atoms with Gasteiger partial charge in [-0.2, -0.15) is 0 Å². The van der Waals surface area contributed by atoms with Crippen LogP contribution in [0.15, 0.2) is 28.7 Å². The summed E-state index contributed by atoms with van der Waals surface area (Å²) in [5.74, 6) is 1.32. The summed E-state index contributed by atoms with van der Waals surface area (Å²) in [4.78, 5) is 7.10. The monoisotopic (exact) mass is 270 g/mol. The minimum absolute atomic E-state index is 0.520. The summed E-state index contributed by atoms with van der Waals surface area (Å²) in [5.41, 5.74) is 4.43. The summed E-state index contributed by atoms with van der Waals surface area (Å²) < 4.78 is 5.91. The molecule has 3 heteroatoms. The first-order valence-corrected chi connectivity index (χ1v) is 7.49. The lowest BCUT2D eigenvalue weighted by atomic mass is 10.0. The van der Waals surface area contributed by atoms with Crippen LogP contribution >= 0.6 is 0 Å². The van der Waals surface area contributed by atoms with Crippen LogP contribution in [0.3, 0.4) is 0 Å². The molecule has 0 bridgehead atoms. The van der Waals surface area contributed by atoms with Gasteiger partial charge in [0.25, 0.3) is 0 Å². The van der Waals surface area contributed by atoms with E-state index in [1.54, 1.807) is 0 Å². The van der Waals surface area contributed by atoms with Crippen LogP contribution in [-0.4, -0.2) is 29.5 Å². The Kier molecular flexibility index (Phi) is 3.62. The van der Waals surface area contributed by atoms with Gasteiger partial charge in [-0.1, -0.05) is 32.9 Å². The lowest BCUT2D eigenvalue weighted by molar-refractivity contribution is 0.317. The van der Waals surface area contributed by atoms with Gasteiger partial charge in [-0.05, 0) is 36.6 Å². The Morgan fingerprint density at radius 1 is 1.35 bits per heavy atom. The third-order valence-electron chi connectivity index (χ3n) is 4.09. The van der Waals surface area contributed by atoms with Crippen molar-refractivity contribution in [1.29, 1.82) is 0 Å². The average Bonchev–Trinajstić information content (AvgIpc) is 2.90. The van der Waals surface area contributed by atoms with Crippen molar-refractivity contribution in [3.05, 3.63) is 35.7 Å².